The van der Waals surface area contributed by atoms with Crippen molar-refractivity contribution < 1.29 is 33.0 Å². The second-order valence-corrected chi connectivity index (χ2v) is 5.76. The van der Waals surface area contributed by atoms with E-state index in [9.17, 15) is 18.0 Å². The van der Waals surface area contributed by atoms with Crippen molar-refractivity contribution in [1.82, 2.24) is 4.72 Å². The SMILES string of the molecule is COC(=O)c1cccc(S(=O)(=O)NC(CCO)C(=O)O)c1. The molecule has 1 aromatic rings. The highest BCUT2D eigenvalue weighted by molar-refractivity contribution is 7.89. The summed E-state index contributed by atoms with van der Waals surface area (Å²) in [4.78, 5) is 22.0. The molecule has 1 atom stereocenters. The highest BCUT2D eigenvalue weighted by Gasteiger charge is 2.25. The van der Waals surface area contributed by atoms with Gasteiger partial charge in [0.25, 0.3) is 0 Å². The summed E-state index contributed by atoms with van der Waals surface area (Å²) in [6.07, 6.45) is -0.273. The number of aliphatic hydroxyl groups excluding tert-OH is 1. The van der Waals surface area contributed by atoms with Crippen LogP contribution in [0.2, 0.25) is 0 Å². The number of carboxylic acid groups (broad SMARTS) is 1. The summed E-state index contributed by atoms with van der Waals surface area (Å²) in [5.74, 6) is -2.12. The number of hydrogen-bond donors (Lipinski definition) is 3. The van der Waals surface area contributed by atoms with Crippen LogP contribution in [0.1, 0.15) is 16.8 Å². The van der Waals surface area contributed by atoms with Gasteiger partial charge in [-0.05, 0) is 24.6 Å². The van der Waals surface area contributed by atoms with Gasteiger partial charge in [-0.25, -0.2) is 13.2 Å². The Balaban J connectivity index is 3.07. The summed E-state index contributed by atoms with van der Waals surface area (Å²) in [6, 6.07) is 3.54. The van der Waals surface area contributed by atoms with Gasteiger partial charge in [-0.1, -0.05) is 6.07 Å². The standard InChI is InChI=1S/C12H15NO7S/c1-20-12(17)8-3-2-4-9(7-8)21(18,19)13-10(5-6-14)11(15)16/h2-4,7,10,13-14H,5-6H2,1H3,(H,15,16). The Morgan fingerprint density at radius 2 is 2.05 bits per heavy atom. The quantitative estimate of drug-likeness (QED) is 0.583. The molecule has 0 spiro atoms. The molecule has 116 valence electrons. The van der Waals surface area contributed by atoms with Crippen LogP contribution in [0.3, 0.4) is 0 Å². The zero-order valence-corrected chi connectivity index (χ0v) is 12.0. The molecule has 0 radical (unpaired) electrons. The molecule has 9 heteroatoms. The van der Waals surface area contributed by atoms with E-state index in [-0.39, 0.29) is 16.9 Å². The van der Waals surface area contributed by atoms with Crippen LogP contribution in [0.25, 0.3) is 0 Å². The van der Waals surface area contributed by atoms with Crippen LogP contribution < -0.4 is 4.72 Å². The highest BCUT2D eigenvalue weighted by atomic mass is 32.2. The van der Waals surface area contributed by atoms with Crippen molar-refractivity contribution in [1.29, 1.82) is 0 Å². The molecule has 0 aliphatic carbocycles. The molecule has 0 bridgehead atoms. The molecule has 0 saturated heterocycles. The maximum atomic E-state index is 12.1. The van der Waals surface area contributed by atoms with Gasteiger partial charge in [0.2, 0.25) is 10.0 Å². The Morgan fingerprint density at radius 3 is 2.57 bits per heavy atom. The second-order valence-electron chi connectivity index (χ2n) is 4.04. The number of methoxy groups -OCH3 is 1. The molecule has 0 amide bonds. The number of ether oxygens (including phenoxy) is 1. The average Bonchev–Trinajstić information content (AvgIpc) is 2.45. The van der Waals surface area contributed by atoms with Crippen LogP contribution in [-0.2, 0) is 19.6 Å². The molecule has 1 rings (SSSR count). The van der Waals surface area contributed by atoms with Crippen LogP contribution in [-0.4, -0.2) is 50.3 Å². The normalized spacial score (nSPS) is 12.7. The van der Waals surface area contributed by atoms with Crippen LogP contribution in [0.4, 0.5) is 0 Å². The number of rotatable bonds is 7. The summed E-state index contributed by atoms with van der Waals surface area (Å²) in [6.45, 7) is -0.484. The highest BCUT2D eigenvalue weighted by Crippen LogP contribution is 2.13. The van der Waals surface area contributed by atoms with E-state index in [1.54, 1.807) is 0 Å². The third kappa shape index (κ3) is 4.52. The summed E-state index contributed by atoms with van der Waals surface area (Å²) >= 11 is 0. The Labute approximate surface area is 121 Å². The molecule has 0 heterocycles. The lowest BCUT2D eigenvalue weighted by Crippen LogP contribution is -2.41. The first-order valence-corrected chi connectivity index (χ1v) is 7.34. The number of carbonyl (C=O) groups excluding carboxylic acids is 1. The van der Waals surface area contributed by atoms with Crippen molar-refractivity contribution in [3.63, 3.8) is 0 Å². The number of carbonyl (C=O) groups is 2. The van der Waals surface area contributed by atoms with Crippen molar-refractivity contribution in [2.75, 3.05) is 13.7 Å². The van der Waals surface area contributed by atoms with Gasteiger partial charge in [0.05, 0.1) is 17.6 Å². The average molecular weight is 317 g/mol. The fourth-order valence-corrected chi connectivity index (χ4v) is 2.79. The lowest BCUT2D eigenvalue weighted by atomic mass is 10.2. The zero-order valence-electron chi connectivity index (χ0n) is 11.1. The minimum absolute atomic E-state index is 0.0226. The summed E-state index contributed by atoms with van der Waals surface area (Å²) < 4.78 is 30.6. The molecule has 0 saturated carbocycles. The van der Waals surface area contributed by atoms with Crippen molar-refractivity contribution in [2.24, 2.45) is 0 Å². The fraction of sp³-hybridized carbons (Fsp3) is 0.333. The maximum Gasteiger partial charge on any atom is 0.337 e. The van der Waals surface area contributed by atoms with Gasteiger partial charge in [-0.3, -0.25) is 4.79 Å². The van der Waals surface area contributed by atoms with Crippen molar-refractivity contribution in [2.45, 2.75) is 17.4 Å². The minimum atomic E-state index is -4.14. The van der Waals surface area contributed by atoms with E-state index in [2.05, 4.69) is 4.74 Å². The van der Waals surface area contributed by atoms with Gasteiger partial charge in [-0.15, -0.1) is 0 Å². The first-order chi connectivity index (χ1) is 9.81. The molecule has 1 unspecified atom stereocenters. The maximum absolute atomic E-state index is 12.1. The van der Waals surface area contributed by atoms with Crippen molar-refractivity contribution in [3.05, 3.63) is 29.8 Å². The molecule has 8 nitrogen and oxygen atoms in total. The van der Waals surface area contributed by atoms with Crippen LogP contribution in [0.15, 0.2) is 29.2 Å². The Kier molecular flexibility index (Phi) is 5.82. The number of hydrogen-bond acceptors (Lipinski definition) is 6. The van der Waals surface area contributed by atoms with Crippen molar-refractivity contribution in [3.8, 4) is 0 Å². The molecule has 3 N–H and O–H groups in total. The predicted molar refractivity (Wildman–Crippen MR) is 71.2 cm³/mol. The van der Waals surface area contributed by atoms with E-state index in [4.69, 9.17) is 10.2 Å². The molecule has 0 aromatic heterocycles. The fourth-order valence-electron chi connectivity index (χ4n) is 1.53. The summed E-state index contributed by atoms with van der Waals surface area (Å²) in [5.41, 5.74) is 0.0226. The molecule has 0 aliphatic heterocycles. The van der Waals surface area contributed by atoms with Gasteiger partial charge >= 0.3 is 11.9 Å². The smallest absolute Gasteiger partial charge is 0.337 e. The topological polar surface area (TPSA) is 130 Å². The predicted octanol–water partition coefficient (Wildman–Crippen LogP) is -0.413. The first kappa shape index (κ1) is 17.1. The minimum Gasteiger partial charge on any atom is -0.480 e. The van der Waals surface area contributed by atoms with Crippen LogP contribution in [0.5, 0.6) is 0 Å². The summed E-state index contributed by atoms with van der Waals surface area (Å²) in [5, 5.41) is 17.6. The lowest BCUT2D eigenvalue weighted by molar-refractivity contribution is -0.139. The van der Waals surface area contributed by atoms with Gasteiger partial charge in [0, 0.05) is 6.61 Å². The van der Waals surface area contributed by atoms with E-state index in [1.807, 2.05) is 4.72 Å². The number of aliphatic carboxylic acids is 1. The zero-order chi connectivity index (χ0) is 16.0. The summed E-state index contributed by atoms with van der Waals surface area (Å²) in [7, 11) is -2.98. The monoisotopic (exact) mass is 317 g/mol. The van der Waals surface area contributed by atoms with Gasteiger partial charge in [0.1, 0.15) is 6.04 Å². The van der Waals surface area contributed by atoms with E-state index >= 15 is 0 Å². The van der Waals surface area contributed by atoms with E-state index in [0.717, 1.165) is 13.2 Å². The molecule has 0 aliphatic rings. The molecular weight excluding hydrogens is 302 g/mol. The molecule has 0 fully saturated rings. The second kappa shape index (κ2) is 7.16. The van der Waals surface area contributed by atoms with Gasteiger partial charge in [0.15, 0.2) is 0 Å². The number of benzene rings is 1. The Bertz CT molecular complexity index is 626. The van der Waals surface area contributed by atoms with E-state index in [0.29, 0.717) is 0 Å². The third-order valence-electron chi connectivity index (χ3n) is 2.58. The first-order valence-electron chi connectivity index (χ1n) is 5.86. The van der Waals surface area contributed by atoms with Gasteiger partial charge in [-0.2, -0.15) is 4.72 Å². The van der Waals surface area contributed by atoms with Crippen molar-refractivity contribution >= 4 is 22.0 Å². The molecular formula is C12H15NO7S. The number of carboxylic acids is 1. The number of sulfonamides is 1. The third-order valence-corrected chi connectivity index (χ3v) is 4.05. The lowest BCUT2D eigenvalue weighted by Gasteiger charge is -2.14. The molecule has 21 heavy (non-hydrogen) atoms. The number of nitrogens with one attached hydrogen (secondary N) is 1. The Morgan fingerprint density at radius 1 is 1.38 bits per heavy atom. The van der Waals surface area contributed by atoms with E-state index < -0.39 is 34.6 Å². The van der Waals surface area contributed by atoms with Crippen LogP contribution >= 0.6 is 0 Å². The largest absolute Gasteiger partial charge is 0.480 e. The number of aliphatic hydroxyl groups is 1. The van der Waals surface area contributed by atoms with Crippen LogP contribution in [0, 0.1) is 0 Å². The van der Waals surface area contributed by atoms with E-state index in [1.165, 1.54) is 18.2 Å². The molecule has 1 aromatic carbocycles. The van der Waals surface area contributed by atoms with Gasteiger partial charge < -0.3 is 14.9 Å². The number of esters is 1. The Hall–Kier alpha value is -1.97.